The lowest BCUT2D eigenvalue weighted by molar-refractivity contribution is -0.161. The summed E-state index contributed by atoms with van der Waals surface area (Å²) in [5.74, 6) is 2.02. The van der Waals surface area contributed by atoms with Crippen LogP contribution in [0.3, 0.4) is 0 Å². The van der Waals surface area contributed by atoms with Crippen molar-refractivity contribution in [3.05, 3.63) is 23.8 Å². The van der Waals surface area contributed by atoms with Crippen molar-refractivity contribution in [2.75, 3.05) is 26.2 Å². The van der Waals surface area contributed by atoms with Crippen molar-refractivity contribution in [3.8, 4) is 0 Å². The Bertz CT molecular complexity index is 731. The number of nitrogens with zero attached hydrogens (tertiary/aromatic N) is 2. The number of hydrogen-bond acceptors (Lipinski definition) is 3. The summed E-state index contributed by atoms with van der Waals surface area (Å²) in [7, 11) is 0. The Morgan fingerprint density at radius 3 is 2.45 bits per heavy atom. The number of carbonyl (C=O) groups excluding carboxylic acids is 2. The average Bonchev–Trinajstić information content (AvgIpc) is 2.77. The molecule has 1 spiro atoms. The second kappa shape index (κ2) is 11.7. The molecule has 3 aliphatic rings. The SMILES string of the molecule is CCCN1C(=O)C(CC(C)C)NC(=O)C12CCN(CC1CC=C(C=CCC(C)C)CC1)CC2. The second-order valence-electron chi connectivity index (χ2n) is 11.4. The van der Waals surface area contributed by atoms with Gasteiger partial charge in [-0.05, 0) is 69.1 Å². The van der Waals surface area contributed by atoms with Crippen LogP contribution in [-0.4, -0.2) is 59.4 Å². The monoisotopic (exact) mass is 457 g/mol. The maximum absolute atomic E-state index is 13.3. The first-order valence-electron chi connectivity index (χ1n) is 13.5. The van der Waals surface area contributed by atoms with E-state index in [4.69, 9.17) is 0 Å². The fourth-order valence-corrected chi connectivity index (χ4v) is 5.74. The van der Waals surface area contributed by atoms with Crippen LogP contribution in [0.1, 0.15) is 86.0 Å². The largest absolute Gasteiger partial charge is 0.342 e. The molecule has 2 amide bonds. The third kappa shape index (κ3) is 6.49. The number of likely N-dealkylation sites (tertiary alicyclic amines) is 1. The summed E-state index contributed by atoms with van der Waals surface area (Å²) in [6.07, 6.45) is 14.9. The van der Waals surface area contributed by atoms with E-state index < -0.39 is 5.54 Å². The smallest absolute Gasteiger partial charge is 0.246 e. The van der Waals surface area contributed by atoms with Crippen LogP contribution in [0, 0.1) is 17.8 Å². The first kappa shape index (κ1) is 26.0. The van der Waals surface area contributed by atoms with Gasteiger partial charge in [0, 0.05) is 26.2 Å². The molecule has 0 radical (unpaired) electrons. The van der Waals surface area contributed by atoms with Crippen molar-refractivity contribution >= 4 is 11.8 Å². The summed E-state index contributed by atoms with van der Waals surface area (Å²) in [6, 6.07) is -0.356. The number of allylic oxidation sites excluding steroid dienone is 4. The summed E-state index contributed by atoms with van der Waals surface area (Å²) in [6.45, 7) is 14.4. The van der Waals surface area contributed by atoms with E-state index in [2.05, 4.69) is 63.1 Å². The molecule has 0 aromatic heterocycles. The van der Waals surface area contributed by atoms with Crippen LogP contribution >= 0.6 is 0 Å². The van der Waals surface area contributed by atoms with Gasteiger partial charge in [-0.25, -0.2) is 0 Å². The molecule has 2 aliphatic heterocycles. The minimum Gasteiger partial charge on any atom is -0.342 e. The highest BCUT2D eigenvalue weighted by Crippen LogP contribution is 2.35. The molecular formula is C28H47N3O2. The third-order valence-corrected chi connectivity index (χ3v) is 7.66. The van der Waals surface area contributed by atoms with Crippen LogP contribution in [0.15, 0.2) is 23.8 Å². The van der Waals surface area contributed by atoms with Gasteiger partial charge in [-0.3, -0.25) is 9.59 Å². The molecule has 2 saturated heterocycles. The molecule has 1 N–H and O–H groups in total. The fraction of sp³-hybridized carbons (Fsp3) is 0.786. The van der Waals surface area contributed by atoms with Gasteiger partial charge in [0.05, 0.1) is 0 Å². The molecule has 33 heavy (non-hydrogen) atoms. The van der Waals surface area contributed by atoms with Gasteiger partial charge in [0.2, 0.25) is 11.8 Å². The zero-order valence-electron chi connectivity index (χ0n) is 21.7. The van der Waals surface area contributed by atoms with Crippen molar-refractivity contribution in [1.29, 1.82) is 0 Å². The maximum atomic E-state index is 13.3. The van der Waals surface area contributed by atoms with Gasteiger partial charge in [0.1, 0.15) is 11.6 Å². The van der Waals surface area contributed by atoms with Crippen molar-refractivity contribution < 1.29 is 9.59 Å². The molecule has 0 aromatic carbocycles. The predicted molar refractivity (Wildman–Crippen MR) is 136 cm³/mol. The Kier molecular flexibility index (Phi) is 9.20. The summed E-state index contributed by atoms with van der Waals surface area (Å²) in [4.78, 5) is 31.1. The Morgan fingerprint density at radius 2 is 1.88 bits per heavy atom. The summed E-state index contributed by atoms with van der Waals surface area (Å²) in [5, 5.41) is 3.11. The van der Waals surface area contributed by atoms with Crippen molar-refractivity contribution in [1.82, 2.24) is 15.1 Å². The van der Waals surface area contributed by atoms with E-state index in [-0.39, 0.29) is 17.9 Å². The van der Waals surface area contributed by atoms with Gasteiger partial charge in [-0.1, -0.05) is 58.4 Å². The standard InChI is InChI=1S/C28H47N3O2/c1-6-16-31-26(32)25(19-22(4)5)29-27(33)28(31)14-17-30(18-15-28)20-24-12-10-23(11-13-24)9-7-8-21(2)3/h7,9-10,21-22,24-25H,6,8,11-20H2,1-5H3,(H,29,33). The van der Waals surface area contributed by atoms with Crippen molar-refractivity contribution in [3.63, 3.8) is 0 Å². The normalized spacial score (nSPS) is 26.5. The molecule has 0 saturated carbocycles. The van der Waals surface area contributed by atoms with E-state index in [1.165, 1.54) is 18.4 Å². The quantitative estimate of drug-likeness (QED) is 0.534. The molecule has 5 nitrogen and oxygen atoms in total. The summed E-state index contributed by atoms with van der Waals surface area (Å²) < 4.78 is 0. The van der Waals surface area contributed by atoms with Gasteiger partial charge in [0.15, 0.2) is 0 Å². The molecule has 2 atom stereocenters. The van der Waals surface area contributed by atoms with Gasteiger partial charge < -0.3 is 15.1 Å². The van der Waals surface area contributed by atoms with E-state index >= 15 is 0 Å². The molecule has 5 heteroatoms. The minimum absolute atomic E-state index is 0.0827. The minimum atomic E-state index is -0.641. The van der Waals surface area contributed by atoms with Crippen LogP contribution in [0.25, 0.3) is 0 Å². The number of amides is 2. The summed E-state index contributed by atoms with van der Waals surface area (Å²) >= 11 is 0. The molecule has 0 bridgehead atoms. The lowest BCUT2D eigenvalue weighted by Crippen LogP contribution is -2.73. The Labute approximate surface area is 202 Å². The lowest BCUT2D eigenvalue weighted by atomic mass is 9.80. The topological polar surface area (TPSA) is 52.7 Å². The Hall–Kier alpha value is -1.62. The van der Waals surface area contributed by atoms with Crippen LogP contribution in [-0.2, 0) is 9.59 Å². The number of piperidine rings is 1. The molecule has 186 valence electrons. The van der Waals surface area contributed by atoms with Crippen molar-refractivity contribution in [2.24, 2.45) is 17.8 Å². The summed E-state index contributed by atoms with van der Waals surface area (Å²) in [5.41, 5.74) is 0.853. The zero-order chi connectivity index (χ0) is 24.0. The van der Waals surface area contributed by atoms with Crippen LogP contribution in [0.4, 0.5) is 0 Å². The van der Waals surface area contributed by atoms with Gasteiger partial charge in [-0.2, -0.15) is 0 Å². The highest BCUT2D eigenvalue weighted by Gasteiger charge is 2.53. The van der Waals surface area contributed by atoms with Gasteiger partial charge in [-0.15, -0.1) is 0 Å². The zero-order valence-corrected chi connectivity index (χ0v) is 21.7. The van der Waals surface area contributed by atoms with E-state index in [9.17, 15) is 9.59 Å². The number of hydrogen-bond donors (Lipinski definition) is 1. The van der Waals surface area contributed by atoms with Gasteiger partial charge >= 0.3 is 0 Å². The van der Waals surface area contributed by atoms with Crippen LogP contribution in [0.5, 0.6) is 0 Å². The molecule has 1 aliphatic carbocycles. The van der Waals surface area contributed by atoms with Crippen LogP contribution in [0.2, 0.25) is 0 Å². The van der Waals surface area contributed by atoms with Gasteiger partial charge in [0.25, 0.3) is 0 Å². The fourth-order valence-electron chi connectivity index (χ4n) is 5.74. The van der Waals surface area contributed by atoms with E-state index in [0.29, 0.717) is 18.4 Å². The number of piperazine rings is 1. The molecule has 2 heterocycles. The third-order valence-electron chi connectivity index (χ3n) is 7.66. The van der Waals surface area contributed by atoms with Crippen LogP contribution < -0.4 is 5.32 Å². The van der Waals surface area contributed by atoms with Crippen molar-refractivity contribution in [2.45, 2.75) is 97.6 Å². The molecular weight excluding hydrogens is 410 g/mol. The Morgan fingerprint density at radius 1 is 1.15 bits per heavy atom. The molecule has 2 fully saturated rings. The predicted octanol–water partition coefficient (Wildman–Crippen LogP) is 4.93. The first-order valence-corrected chi connectivity index (χ1v) is 13.5. The number of rotatable bonds is 9. The lowest BCUT2D eigenvalue weighted by Gasteiger charge is -2.52. The highest BCUT2D eigenvalue weighted by atomic mass is 16.2. The first-order chi connectivity index (χ1) is 15.7. The van der Waals surface area contributed by atoms with E-state index in [1.807, 2.05) is 4.90 Å². The average molecular weight is 458 g/mol. The Balaban J connectivity index is 1.56. The molecule has 3 rings (SSSR count). The van der Waals surface area contributed by atoms with E-state index in [0.717, 1.165) is 64.1 Å². The highest BCUT2D eigenvalue weighted by molar-refractivity contribution is 6.00. The number of carbonyl (C=O) groups is 2. The van der Waals surface area contributed by atoms with E-state index in [1.54, 1.807) is 0 Å². The second-order valence-corrected chi connectivity index (χ2v) is 11.4. The molecule has 2 unspecified atom stereocenters. The maximum Gasteiger partial charge on any atom is 0.246 e. The molecule has 0 aromatic rings. The number of nitrogens with one attached hydrogen (secondary N) is 1.